The molecule has 1 N–H and O–H groups in total. The fraction of sp³-hybridized carbons (Fsp3) is 0.462. The molecular formula is C26H34BrClN2O3. The fourth-order valence-corrected chi connectivity index (χ4v) is 3.83. The normalized spacial score (nSPS) is 12.2. The zero-order chi connectivity index (χ0) is 24.6. The van der Waals surface area contributed by atoms with Crippen molar-refractivity contribution in [2.45, 2.75) is 65.5 Å². The van der Waals surface area contributed by atoms with E-state index < -0.39 is 6.04 Å². The molecule has 0 heterocycles. The van der Waals surface area contributed by atoms with Gasteiger partial charge in [-0.2, -0.15) is 0 Å². The van der Waals surface area contributed by atoms with Gasteiger partial charge in [0.1, 0.15) is 11.8 Å². The van der Waals surface area contributed by atoms with Crippen LogP contribution in [0.5, 0.6) is 5.75 Å². The summed E-state index contributed by atoms with van der Waals surface area (Å²) in [6.07, 6.45) is 1.88. The molecule has 2 rings (SSSR count). The van der Waals surface area contributed by atoms with Crippen LogP contribution in [0.2, 0.25) is 5.02 Å². The summed E-state index contributed by atoms with van der Waals surface area (Å²) in [5.74, 6) is 0.138. The van der Waals surface area contributed by atoms with E-state index in [0.29, 0.717) is 17.3 Å². The lowest BCUT2D eigenvalue weighted by molar-refractivity contribution is -0.142. The zero-order valence-electron chi connectivity index (χ0n) is 20.1. The van der Waals surface area contributed by atoms with Gasteiger partial charge in [-0.25, -0.2) is 0 Å². The number of carbonyl (C=O) groups is 2. The Hall–Kier alpha value is -2.05. The molecule has 0 unspecified atom stereocenters. The number of nitrogens with zero attached hydrogens (tertiary/aromatic N) is 1. The maximum absolute atomic E-state index is 13.2. The fourth-order valence-electron chi connectivity index (χ4n) is 3.21. The molecule has 5 nitrogen and oxygen atoms in total. The number of benzene rings is 2. The molecule has 0 spiro atoms. The van der Waals surface area contributed by atoms with Crippen LogP contribution >= 0.6 is 27.5 Å². The Morgan fingerprint density at radius 3 is 2.39 bits per heavy atom. The van der Waals surface area contributed by atoms with Crippen LogP contribution in [0.25, 0.3) is 0 Å². The number of hydrogen-bond donors (Lipinski definition) is 1. The summed E-state index contributed by atoms with van der Waals surface area (Å²) in [7, 11) is 0. The highest BCUT2D eigenvalue weighted by molar-refractivity contribution is 9.10. The van der Waals surface area contributed by atoms with Crippen LogP contribution in [-0.2, 0) is 21.5 Å². The minimum Gasteiger partial charge on any atom is -0.483 e. The molecule has 2 aromatic carbocycles. The Kier molecular flexibility index (Phi) is 10.2. The second-order valence-electron chi connectivity index (χ2n) is 9.15. The monoisotopic (exact) mass is 536 g/mol. The van der Waals surface area contributed by atoms with Gasteiger partial charge in [0.05, 0.1) is 4.47 Å². The average molecular weight is 538 g/mol. The van der Waals surface area contributed by atoms with E-state index in [1.165, 1.54) is 0 Å². The van der Waals surface area contributed by atoms with Crippen LogP contribution in [0.1, 0.15) is 58.6 Å². The molecule has 33 heavy (non-hydrogen) atoms. The third-order valence-corrected chi connectivity index (χ3v) is 6.28. The molecule has 0 bridgehead atoms. The third kappa shape index (κ3) is 8.35. The zero-order valence-corrected chi connectivity index (χ0v) is 22.4. The number of hydrogen-bond acceptors (Lipinski definition) is 3. The van der Waals surface area contributed by atoms with E-state index in [1.54, 1.807) is 24.0 Å². The molecule has 7 heteroatoms. The van der Waals surface area contributed by atoms with E-state index in [9.17, 15) is 9.59 Å². The van der Waals surface area contributed by atoms with E-state index >= 15 is 0 Å². The summed E-state index contributed by atoms with van der Waals surface area (Å²) in [6.45, 7) is 10.9. The van der Waals surface area contributed by atoms with Crippen molar-refractivity contribution in [3.05, 3.63) is 63.1 Å². The summed E-state index contributed by atoms with van der Waals surface area (Å²) in [5.41, 5.74) is 2.05. The number of halogens is 2. The first-order valence-corrected chi connectivity index (χ1v) is 12.4. The van der Waals surface area contributed by atoms with E-state index in [-0.39, 0.29) is 30.4 Å². The Morgan fingerprint density at radius 2 is 1.82 bits per heavy atom. The highest BCUT2D eigenvalue weighted by atomic mass is 79.9. The second kappa shape index (κ2) is 12.4. The smallest absolute Gasteiger partial charge is 0.261 e. The molecule has 0 radical (unpaired) electrons. The average Bonchev–Trinajstić information content (AvgIpc) is 2.76. The Labute approximate surface area is 211 Å². The minimum absolute atomic E-state index is 0.00676. The molecule has 2 amide bonds. The van der Waals surface area contributed by atoms with Crippen molar-refractivity contribution in [2.24, 2.45) is 0 Å². The minimum atomic E-state index is -0.639. The predicted molar refractivity (Wildman–Crippen MR) is 138 cm³/mol. The largest absolute Gasteiger partial charge is 0.483 e. The second-order valence-corrected chi connectivity index (χ2v) is 10.4. The summed E-state index contributed by atoms with van der Waals surface area (Å²) in [5, 5.41) is 3.53. The van der Waals surface area contributed by atoms with Gasteiger partial charge in [-0.3, -0.25) is 9.59 Å². The van der Waals surface area contributed by atoms with Gasteiger partial charge in [-0.1, -0.05) is 63.9 Å². The first-order valence-electron chi connectivity index (χ1n) is 11.3. The number of rotatable bonds is 10. The van der Waals surface area contributed by atoms with Gasteiger partial charge in [-0.05, 0) is 70.1 Å². The van der Waals surface area contributed by atoms with Crippen molar-refractivity contribution >= 4 is 39.3 Å². The molecule has 0 aromatic heterocycles. The number of unbranched alkanes of at least 4 members (excludes halogenated alkanes) is 1. The molecular weight excluding hydrogens is 504 g/mol. The molecule has 0 fully saturated rings. The SMILES string of the molecule is CCCCNC(=O)[C@@H](C)N(Cc1ccc(Cl)cc1)C(=O)COc1ccc(C(C)(C)C)cc1Br. The van der Waals surface area contributed by atoms with Crippen LogP contribution in [0, 0.1) is 0 Å². The predicted octanol–water partition coefficient (Wildman–Crippen LogP) is 6.11. The molecule has 1 atom stereocenters. The van der Waals surface area contributed by atoms with Crippen molar-refractivity contribution in [2.75, 3.05) is 13.2 Å². The number of carbonyl (C=O) groups excluding carboxylic acids is 2. The molecule has 0 aliphatic rings. The maximum Gasteiger partial charge on any atom is 0.261 e. The quantitative estimate of drug-likeness (QED) is 0.372. The highest BCUT2D eigenvalue weighted by Crippen LogP contribution is 2.31. The Balaban J connectivity index is 2.15. The van der Waals surface area contributed by atoms with Crippen LogP contribution in [0.3, 0.4) is 0 Å². The highest BCUT2D eigenvalue weighted by Gasteiger charge is 2.26. The van der Waals surface area contributed by atoms with Crippen molar-refractivity contribution in [1.82, 2.24) is 10.2 Å². The van der Waals surface area contributed by atoms with Gasteiger partial charge in [0.15, 0.2) is 6.61 Å². The lowest BCUT2D eigenvalue weighted by Gasteiger charge is -2.29. The van der Waals surface area contributed by atoms with Crippen LogP contribution in [0.15, 0.2) is 46.9 Å². The topological polar surface area (TPSA) is 58.6 Å². The van der Waals surface area contributed by atoms with Gasteiger partial charge in [0.2, 0.25) is 5.91 Å². The van der Waals surface area contributed by atoms with Crippen molar-refractivity contribution in [3.8, 4) is 5.75 Å². The third-order valence-electron chi connectivity index (χ3n) is 5.41. The standard InChI is InChI=1S/C26H34BrClN2O3/c1-6-7-14-29-25(32)18(2)30(16-19-8-11-21(28)12-9-19)24(31)17-33-23-13-10-20(15-22(23)27)26(3,4)5/h8-13,15,18H,6-7,14,16-17H2,1-5H3,(H,29,32)/t18-/m1/s1. The Morgan fingerprint density at radius 1 is 1.15 bits per heavy atom. The number of amides is 2. The van der Waals surface area contributed by atoms with Crippen LogP contribution in [0.4, 0.5) is 0 Å². The summed E-state index contributed by atoms with van der Waals surface area (Å²) >= 11 is 9.55. The first kappa shape index (κ1) is 27.2. The van der Waals surface area contributed by atoms with Gasteiger partial charge in [0.25, 0.3) is 5.91 Å². The molecule has 180 valence electrons. The van der Waals surface area contributed by atoms with Crippen molar-refractivity contribution in [3.63, 3.8) is 0 Å². The van der Waals surface area contributed by atoms with Crippen LogP contribution in [-0.4, -0.2) is 35.9 Å². The molecule has 0 aliphatic carbocycles. The van der Waals surface area contributed by atoms with Crippen molar-refractivity contribution < 1.29 is 14.3 Å². The number of ether oxygens (including phenoxy) is 1. The van der Waals surface area contributed by atoms with E-state index in [2.05, 4.69) is 48.9 Å². The van der Waals surface area contributed by atoms with Crippen LogP contribution < -0.4 is 10.1 Å². The van der Waals surface area contributed by atoms with Gasteiger partial charge in [-0.15, -0.1) is 0 Å². The van der Waals surface area contributed by atoms with Gasteiger partial charge >= 0.3 is 0 Å². The molecule has 0 saturated heterocycles. The summed E-state index contributed by atoms with van der Waals surface area (Å²) in [6, 6.07) is 12.5. The maximum atomic E-state index is 13.2. The lowest BCUT2D eigenvalue weighted by Crippen LogP contribution is -2.49. The Bertz CT molecular complexity index is 942. The molecule has 0 saturated carbocycles. The van der Waals surface area contributed by atoms with E-state index in [4.69, 9.17) is 16.3 Å². The van der Waals surface area contributed by atoms with Gasteiger partial charge in [0, 0.05) is 18.1 Å². The van der Waals surface area contributed by atoms with E-state index in [0.717, 1.165) is 28.4 Å². The van der Waals surface area contributed by atoms with Gasteiger partial charge < -0.3 is 15.0 Å². The summed E-state index contributed by atoms with van der Waals surface area (Å²) < 4.78 is 6.63. The van der Waals surface area contributed by atoms with Crippen molar-refractivity contribution in [1.29, 1.82) is 0 Å². The van der Waals surface area contributed by atoms with E-state index in [1.807, 2.05) is 30.3 Å². The first-order chi connectivity index (χ1) is 15.5. The lowest BCUT2D eigenvalue weighted by atomic mass is 9.87. The molecule has 2 aromatic rings. The molecule has 0 aliphatic heterocycles. The number of nitrogens with one attached hydrogen (secondary N) is 1. The summed E-state index contributed by atoms with van der Waals surface area (Å²) in [4.78, 5) is 27.4.